The van der Waals surface area contributed by atoms with Crippen LogP contribution in [0.3, 0.4) is 0 Å². The van der Waals surface area contributed by atoms with Gasteiger partial charge in [-0.3, -0.25) is 0 Å². The molecule has 0 aliphatic rings. The number of rotatable bonds is 0. The van der Waals surface area contributed by atoms with Gasteiger partial charge in [0.15, 0.2) is 0 Å². The molecule has 0 amide bonds. The molecule has 0 aliphatic carbocycles. The van der Waals surface area contributed by atoms with Crippen molar-refractivity contribution in [1.29, 1.82) is 0 Å². The SMILES string of the molecule is Br.Br.Cc1ccc[c-]1C.[CH3-].[CH3-].[SiH2]=[Ti]. The first-order valence-corrected chi connectivity index (χ1v) is 6.87. The van der Waals surface area contributed by atoms with Crippen molar-refractivity contribution in [2.75, 3.05) is 0 Å². The molecule has 1 rings (SSSR count). The summed E-state index contributed by atoms with van der Waals surface area (Å²) in [6.45, 7) is 4.24. The topological polar surface area (TPSA) is 0 Å². The third-order valence-corrected chi connectivity index (χ3v) is 1.31. The van der Waals surface area contributed by atoms with Crippen molar-refractivity contribution in [2.24, 2.45) is 0 Å². The Morgan fingerprint density at radius 1 is 1.23 bits per heavy atom. The third kappa shape index (κ3) is 13.2. The van der Waals surface area contributed by atoms with Gasteiger partial charge >= 0.3 is 26.8 Å². The van der Waals surface area contributed by atoms with Crippen LogP contribution < -0.4 is 0 Å². The van der Waals surface area contributed by atoms with E-state index in [-0.39, 0.29) is 48.8 Å². The average Bonchev–Trinajstić information content (AvgIpc) is 2.23. The molecule has 80 valence electrons. The van der Waals surface area contributed by atoms with Crippen molar-refractivity contribution < 1.29 is 19.2 Å². The van der Waals surface area contributed by atoms with E-state index < -0.39 is 0 Å². The molecule has 0 saturated carbocycles. The molecule has 0 saturated heterocycles. The van der Waals surface area contributed by atoms with Crippen molar-refractivity contribution in [3.05, 3.63) is 44.2 Å². The van der Waals surface area contributed by atoms with Gasteiger partial charge in [0.2, 0.25) is 0 Å². The van der Waals surface area contributed by atoms with Gasteiger partial charge in [0.25, 0.3) is 0 Å². The average molecular weight is 363 g/mol. The van der Waals surface area contributed by atoms with Gasteiger partial charge in [0, 0.05) is 0 Å². The zero-order valence-electron chi connectivity index (χ0n) is 8.76. The molecule has 0 nitrogen and oxygen atoms in total. The van der Waals surface area contributed by atoms with E-state index in [1.807, 2.05) is 26.8 Å². The molecule has 0 aromatic heterocycles. The molecule has 1 aromatic carbocycles. The van der Waals surface area contributed by atoms with Crippen molar-refractivity contribution >= 4 is 41.6 Å². The van der Waals surface area contributed by atoms with Crippen LogP contribution in [0.2, 0.25) is 0 Å². The van der Waals surface area contributed by atoms with Gasteiger partial charge in [-0.1, -0.05) is 13.8 Å². The van der Waals surface area contributed by atoms with Crippen LogP contribution in [0.1, 0.15) is 11.1 Å². The molecule has 1 aromatic rings. The predicted molar refractivity (Wildman–Crippen MR) is 73.5 cm³/mol. The summed E-state index contributed by atoms with van der Waals surface area (Å²) in [5, 5.41) is 0. The van der Waals surface area contributed by atoms with E-state index in [2.05, 4.69) is 32.0 Å². The predicted octanol–water partition coefficient (Wildman–Crippen LogP) is 3.16. The molecule has 0 fully saturated rings. The minimum atomic E-state index is 0. The van der Waals surface area contributed by atoms with Crippen LogP contribution in [0, 0.1) is 28.7 Å². The van der Waals surface area contributed by atoms with E-state index in [0.29, 0.717) is 0 Å². The molecule has 0 aliphatic heterocycles. The molecular weight excluding hydrogens is 344 g/mol. The molecule has 0 bridgehead atoms. The summed E-state index contributed by atoms with van der Waals surface area (Å²) in [6.07, 6.45) is 0. The third-order valence-electron chi connectivity index (χ3n) is 1.31. The monoisotopic (exact) mass is 361 g/mol. The Hall–Kier alpha value is 1.24. The van der Waals surface area contributed by atoms with Crippen LogP contribution in [-0.2, 0) is 19.2 Å². The minimum absolute atomic E-state index is 0. The van der Waals surface area contributed by atoms with Crippen molar-refractivity contribution in [3.63, 3.8) is 0 Å². The second-order valence-corrected chi connectivity index (χ2v) is 1.89. The van der Waals surface area contributed by atoms with Crippen LogP contribution in [0.5, 0.6) is 0 Å². The molecule has 13 heavy (non-hydrogen) atoms. The van der Waals surface area contributed by atoms with E-state index in [0.717, 1.165) is 0 Å². The molecule has 0 unspecified atom stereocenters. The zero-order chi connectivity index (χ0) is 7.28. The Morgan fingerprint density at radius 2 is 1.62 bits per heavy atom. The van der Waals surface area contributed by atoms with Crippen LogP contribution in [0.15, 0.2) is 18.2 Å². The fraction of sp³-hybridized carbons (Fsp3) is 0.222. The molecule has 0 atom stereocenters. The summed E-state index contributed by atoms with van der Waals surface area (Å²) in [5.74, 6) is 0. The maximum atomic E-state index is 2.12. The van der Waals surface area contributed by atoms with Crippen molar-refractivity contribution in [3.8, 4) is 0 Å². The van der Waals surface area contributed by atoms with Crippen molar-refractivity contribution in [1.82, 2.24) is 0 Å². The Balaban J connectivity index is -0.0000000335. The van der Waals surface area contributed by atoms with Gasteiger partial charge in [-0.25, -0.2) is 12.1 Å². The number of hydrogen-bond donors (Lipinski definition) is 0. The van der Waals surface area contributed by atoms with Gasteiger partial charge in [-0.05, 0) is 0 Å². The standard InChI is InChI=1S/C7H9.2CH3.2BrH.H2Si.Ti/c1-6-4-3-5-7(6)2;;;;;;/h3-5H,1-2H3;2*1H3;2*1H;1H2;/q3*-1;;;;. The molecular formula is C9H19Br2SiTi-3. The Kier molecular flexibility index (Phi) is 42.5. The quantitative estimate of drug-likeness (QED) is 0.491. The summed E-state index contributed by atoms with van der Waals surface area (Å²) in [6, 6.07) is 6.31. The summed E-state index contributed by atoms with van der Waals surface area (Å²) in [5.41, 5.74) is 2.78. The first-order chi connectivity index (χ1) is 4.30. The van der Waals surface area contributed by atoms with Crippen LogP contribution in [-0.4, -0.2) is 7.63 Å². The molecule has 0 radical (unpaired) electrons. The zero-order valence-corrected chi connectivity index (χ0v) is 15.2. The summed E-state index contributed by atoms with van der Waals surface area (Å²) in [7, 11) is 1.86. The number of aryl methyl sites for hydroxylation is 2. The fourth-order valence-corrected chi connectivity index (χ4v) is 0.600. The molecule has 4 heteroatoms. The number of hydrogen-bond acceptors (Lipinski definition) is 0. The summed E-state index contributed by atoms with van der Waals surface area (Å²) < 4.78 is 0. The van der Waals surface area contributed by atoms with Crippen molar-refractivity contribution in [2.45, 2.75) is 13.8 Å². The second-order valence-electron chi connectivity index (χ2n) is 1.89. The van der Waals surface area contributed by atoms with E-state index in [4.69, 9.17) is 0 Å². The van der Waals surface area contributed by atoms with Gasteiger partial charge in [0.05, 0.1) is 0 Å². The van der Waals surface area contributed by atoms with Crippen LogP contribution in [0.25, 0.3) is 0 Å². The number of halogens is 2. The Labute approximate surface area is 118 Å². The van der Waals surface area contributed by atoms with Crippen LogP contribution in [0.4, 0.5) is 0 Å². The molecule has 0 N–H and O–H groups in total. The van der Waals surface area contributed by atoms with E-state index in [9.17, 15) is 0 Å². The van der Waals surface area contributed by atoms with Gasteiger partial charge < -0.3 is 14.9 Å². The molecule has 0 heterocycles. The van der Waals surface area contributed by atoms with Crippen LogP contribution >= 0.6 is 34.0 Å². The first-order valence-electron chi connectivity index (χ1n) is 2.85. The van der Waals surface area contributed by atoms with Gasteiger partial charge in [-0.15, -0.1) is 34.0 Å². The van der Waals surface area contributed by atoms with Gasteiger partial charge in [0.1, 0.15) is 0 Å². The molecule has 0 spiro atoms. The van der Waals surface area contributed by atoms with E-state index in [1.165, 1.54) is 11.1 Å². The summed E-state index contributed by atoms with van der Waals surface area (Å²) >= 11 is 2.03. The normalized spacial score (nSPS) is 5.31. The first kappa shape index (κ1) is 29.2. The van der Waals surface area contributed by atoms with E-state index >= 15 is 0 Å². The Bertz CT molecular complexity index is 161. The van der Waals surface area contributed by atoms with E-state index in [1.54, 1.807) is 0 Å². The fourth-order valence-electron chi connectivity index (χ4n) is 0.600. The maximum absolute atomic E-state index is 2.12. The second kappa shape index (κ2) is 18.9. The van der Waals surface area contributed by atoms with Gasteiger partial charge in [-0.2, -0.15) is 17.2 Å². The Morgan fingerprint density at radius 3 is 1.69 bits per heavy atom. The summed E-state index contributed by atoms with van der Waals surface area (Å²) in [4.78, 5) is 0.